The summed E-state index contributed by atoms with van der Waals surface area (Å²) >= 11 is 0. The van der Waals surface area contributed by atoms with Crippen molar-refractivity contribution in [3.8, 4) is 0 Å². The van der Waals surface area contributed by atoms with Crippen molar-refractivity contribution in [2.24, 2.45) is 0 Å². The molecule has 1 fully saturated rings. The average molecular weight is 294 g/mol. The molecule has 2 aromatic carbocycles. The fraction of sp³-hybridized carbons (Fsp3) is 0.350. The Hall–Kier alpha value is -1.93. The fourth-order valence-corrected chi connectivity index (χ4v) is 3.56. The van der Waals surface area contributed by atoms with Crippen LogP contribution in [0.2, 0.25) is 0 Å². The maximum absolute atomic E-state index is 13.2. The summed E-state index contributed by atoms with van der Waals surface area (Å²) in [5, 5.41) is 0. The largest absolute Gasteiger partial charge is 0.328 e. The summed E-state index contributed by atoms with van der Waals surface area (Å²) in [6.07, 6.45) is 1.50. The van der Waals surface area contributed by atoms with Gasteiger partial charge in [0.15, 0.2) is 5.78 Å². The standard InChI is InChI=1S/C20H24NO/c1-21(2)15-13-19(22)20(14-16-21,17-9-5-3-6-10-17)18-11-7-4-8-12-18/h3-12H,13-16H2,1-2H3/q+1. The third kappa shape index (κ3) is 2.59. The van der Waals surface area contributed by atoms with Crippen LogP contribution < -0.4 is 0 Å². The van der Waals surface area contributed by atoms with Gasteiger partial charge in [-0.25, -0.2) is 0 Å². The molecule has 2 heteroatoms. The number of carbonyl (C=O) groups is 1. The van der Waals surface area contributed by atoms with E-state index < -0.39 is 5.41 Å². The number of Topliss-reactive ketones (excluding diaryl/α,β-unsaturated/α-hetero) is 1. The Morgan fingerprint density at radius 3 is 1.82 bits per heavy atom. The number of nitrogens with zero attached hydrogens (tertiary/aromatic N) is 1. The van der Waals surface area contributed by atoms with Crippen LogP contribution >= 0.6 is 0 Å². The van der Waals surface area contributed by atoms with Gasteiger partial charge in [0.2, 0.25) is 0 Å². The Morgan fingerprint density at radius 2 is 1.32 bits per heavy atom. The molecule has 0 aromatic heterocycles. The zero-order chi connectivity index (χ0) is 15.6. The topological polar surface area (TPSA) is 17.1 Å². The third-order valence-electron chi connectivity index (χ3n) is 5.05. The van der Waals surface area contributed by atoms with Crippen LogP contribution in [0.15, 0.2) is 60.7 Å². The van der Waals surface area contributed by atoms with Crippen LogP contribution in [-0.4, -0.2) is 37.5 Å². The maximum Gasteiger partial charge on any atom is 0.153 e. The molecule has 2 nitrogen and oxygen atoms in total. The molecule has 0 unspecified atom stereocenters. The molecule has 0 aliphatic carbocycles. The normalized spacial score (nSPS) is 20.4. The molecule has 114 valence electrons. The zero-order valence-electron chi connectivity index (χ0n) is 13.5. The molecule has 0 bridgehead atoms. The van der Waals surface area contributed by atoms with Gasteiger partial charge in [-0.15, -0.1) is 0 Å². The van der Waals surface area contributed by atoms with Crippen LogP contribution in [0.25, 0.3) is 0 Å². The molecule has 0 atom stereocenters. The van der Waals surface area contributed by atoms with E-state index in [1.54, 1.807) is 0 Å². The number of hydrogen-bond donors (Lipinski definition) is 0. The van der Waals surface area contributed by atoms with Crippen LogP contribution in [0.1, 0.15) is 24.0 Å². The second kappa shape index (κ2) is 5.69. The van der Waals surface area contributed by atoms with Gasteiger partial charge in [0.25, 0.3) is 0 Å². The number of carbonyl (C=O) groups excluding carboxylic acids is 1. The summed E-state index contributed by atoms with van der Waals surface area (Å²) in [6.45, 7) is 1.93. The van der Waals surface area contributed by atoms with Crippen LogP contribution in [0.5, 0.6) is 0 Å². The van der Waals surface area contributed by atoms with E-state index in [1.165, 1.54) is 0 Å². The van der Waals surface area contributed by atoms with Crippen LogP contribution in [0, 0.1) is 0 Å². The Kier molecular flexibility index (Phi) is 3.88. The lowest BCUT2D eigenvalue weighted by molar-refractivity contribution is -0.889. The van der Waals surface area contributed by atoms with Crippen molar-refractivity contribution in [1.82, 2.24) is 0 Å². The van der Waals surface area contributed by atoms with Gasteiger partial charge in [0.05, 0.1) is 39.0 Å². The first-order valence-corrected chi connectivity index (χ1v) is 8.01. The first kappa shape index (κ1) is 15.0. The molecule has 3 rings (SSSR count). The van der Waals surface area contributed by atoms with E-state index in [1.807, 2.05) is 36.4 Å². The van der Waals surface area contributed by atoms with Gasteiger partial charge in [-0.05, 0) is 11.1 Å². The molecule has 1 aliphatic heterocycles. The average Bonchev–Trinajstić information content (AvgIpc) is 2.67. The van der Waals surface area contributed by atoms with E-state index in [2.05, 4.69) is 38.4 Å². The number of hydrogen-bond acceptors (Lipinski definition) is 1. The van der Waals surface area contributed by atoms with Crippen molar-refractivity contribution in [2.45, 2.75) is 18.3 Å². The minimum Gasteiger partial charge on any atom is -0.328 e. The molecule has 1 saturated heterocycles. The van der Waals surface area contributed by atoms with Crippen molar-refractivity contribution in [1.29, 1.82) is 0 Å². The van der Waals surface area contributed by atoms with Gasteiger partial charge in [-0.2, -0.15) is 0 Å². The Labute approximate surface area is 133 Å². The molecule has 0 N–H and O–H groups in total. The molecule has 2 aromatic rings. The molecule has 0 spiro atoms. The Bertz CT molecular complexity index is 606. The van der Waals surface area contributed by atoms with E-state index in [0.29, 0.717) is 12.2 Å². The van der Waals surface area contributed by atoms with Gasteiger partial charge in [-0.1, -0.05) is 60.7 Å². The maximum atomic E-state index is 13.2. The van der Waals surface area contributed by atoms with Crippen molar-refractivity contribution in [3.63, 3.8) is 0 Å². The predicted octanol–water partition coefficient (Wildman–Crippen LogP) is 3.41. The quantitative estimate of drug-likeness (QED) is 0.776. The summed E-state index contributed by atoms with van der Waals surface area (Å²) in [5.41, 5.74) is 1.77. The molecule has 1 heterocycles. The minimum absolute atomic E-state index is 0.355. The Morgan fingerprint density at radius 1 is 0.818 bits per heavy atom. The SMILES string of the molecule is C[N+]1(C)CCC(=O)C(c2ccccc2)(c2ccccc2)CC1. The van der Waals surface area contributed by atoms with Crippen LogP contribution in [-0.2, 0) is 10.2 Å². The minimum atomic E-state index is -0.492. The highest BCUT2D eigenvalue weighted by atomic mass is 16.1. The first-order chi connectivity index (χ1) is 10.5. The summed E-state index contributed by atoms with van der Waals surface area (Å²) in [7, 11) is 4.44. The highest BCUT2D eigenvalue weighted by molar-refractivity contribution is 5.94. The number of quaternary nitrogens is 1. The van der Waals surface area contributed by atoms with E-state index in [9.17, 15) is 4.79 Å². The summed E-state index contributed by atoms with van der Waals surface area (Å²) in [6, 6.07) is 20.6. The molecular formula is C20H24NO+. The number of benzene rings is 2. The van der Waals surface area contributed by atoms with Gasteiger partial charge < -0.3 is 4.48 Å². The Balaban J connectivity index is 2.17. The second-order valence-electron chi connectivity index (χ2n) is 6.94. The third-order valence-corrected chi connectivity index (χ3v) is 5.05. The lowest BCUT2D eigenvalue weighted by Gasteiger charge is -2.33. The molecule has 1 aliphatic rings. The van der Waals surface area contributed by atoms with Gasteiger partial charge in [0, 0.05) is 6.42 Å². The fourth-order valence-electron chi connectivity index (χ4n) is 3.56. The zero-order valence-corrected chi connectivity index (χ0v) is 13.5. The highest BCUT2D eigenvalue weighted by Crippen LogP contribution is 2.40. The number of rotatable bonds is 2. The van der Waals surface area contributed by atoms with Gasteiger partial charge in [0.1, 0.15) is 0 Å². The van der Waals surface area contributed by atoms with Crippen molar-refractivity contribution < 1.29 is 9.28 Å². The smallest absolute Gasteiger partial charge is 0.153 e. The van der Waals surface area contributed by atoms with Crippen LogP contribution in [0.4, 0.5) is 0 Å². The number of likely N-dealkylation sites (tertiary alicyclic amines) is 1. The lowest BCUT2D eigenvalue weighted by Crippen LogP contribution is -2.41. The lowest BCUT2D eigenvalue weighted by atomic mass is 9.68. The van der Waals surface area contributed by atoms with E-state index in [-0.39, 0.29) is 0 Å². The summed E-state index contributed by atoms with van der Waals surface area (Å²) < 4.78 is 0.910. The molecule has 0 saturated carbocycles. The van der Waals surface area contributed by atoms with Crippen molar-refractivity contribution in [2.75, 3.05) is 27.2 Å². The molecule has 0 radical (unpaired) electrons. The summed E-state index contributed by atoms with van der Waals surface area (Å²) in [5.74, 6) is 0.355. The second-order valence-corrected chi connectivity index (χ2v) is 6.94. The predicted molar refractivity (Wildman–Crippen MR) is 89.7 cm³/mol. The van der Waals surface area contributed by atoms with E-state index >= 15 is 0 Å². The monoisotopic (exact) mass is 294 g/mol. The van der Waals surface area contributed by atoms with Crippen LogP contribution in [0.3, 0.4) is 0 Å². The number of ketones is 1. The van der Waals surface area contributed by atoms with Gasteiger partial charge in [-0.3, -0.25) is 4.79 Å². The molecule has 0 amide bonds. The van der Waals surface area contributed by atoms with Gasteiger partial charge >= 0.3 is 0 Å². The van der Waals surface area contributed by atoms with Crippen molar-refractivity contribution in [3.05, 3.63) is 71.8 Å². The first-order valence-electron chi connectivity index (χ1n) is 8.01. The van der Waals surface area contributed by atoms with E-state index in [4.69, 9.17) is 0 Å². The highest BCUT2D eigenvalue weighted by Gasteiger charge is 2.45. The van der Waals surface area contributed by atoms with E-state index in [0.717, 1.165) is 35.1 Å². The molecule has 22 heavy (non-hydrogen) atoms. The summed E-state index contributed by atoms with van der Waals surface area (Å²) in [4.78, 5) is 13.2. The molecular weight excluding hydrogens is 270 g/mol. The van der Waals surface area contributed by atoms with Crippen molar-refractivity contribution >= 4 is 5.78 Å².